The van der Waals surface area contributed by atoms with E-state index in [1.165, 1.54) is 18.9 Å². The van der Waals surface area contributed by atoms with Gasteiger partial charge in [0.05, 0.1) is 0 Å². The monoisotopic (exact) mass is 250 g/mol. The van der Waals surface area contributed by atoms with E-state index < -0.39 is 0 Å². The Kier molecular flexibility index (Phi) is 4.36. The summed E-state index contributed by atoms with van der Waals surface area (Å²) in [5, 5.41) is 0. The highest BCUT2D eigenvalue weighted by molar-refractivity contribution is 5.21. The van der Waals surface area contributed by atoms with Crippen molar-refractivity contribution < 1.29 is 4.39 Å². The summed E-state index contributed by atoms with van der Waals surface area (Å²) in [4.78, 5) is 2.41. The van der Waals surface area contributed by atoms with Crippen LogP contribution in [0.15, 0.2) is 24.3 Å². The molecule has 100 valence electrons. The van der Waals surface area contributed by atoms with Crippen molar-refractivity contribution in [1.29, 1.82) is 0 Å². The molecular formula is C15H23FN2. The van der Waals surface area contributed by atoms with E-state index in [-0.39, 0.29) is 11.9 Å². The Bertz CT molecular complexity index is 388. The predicted molar refractivity (Wildman–Crippen MR) is 72.8 cm³/mol. The van der Waals surface area contributed by atoms with Crippen LogP contribution in [-0.2, 0) is 0 Å². The van der Waals surface area contributed by atoms with Gasteiger partial charge in [-0.1, -0.05) is 12.1 Å². The number of hydrogen-bond donors (Lipinski definition) is 1. The van der Waals surface area contributed by atoms with Gasteiger partial charge < -0.3 is 5.73 Å². The number of nitrogens with two attached hydrogens (primary N) is 1. The fraction of sp³-hybridized carbons (Fsp3) is 0.600. The molecule has 18 heavy (non-hydrogen) atoms. The lowest BCUT2D eigenvalue weighted by Crippen LogP contribution is -2.40. The van der Waals surface area contributed by atoms with Crippen LogP contribution >= 0.6 is 0 Å². The Balaban J connectivity index is 2.18. The smallest absolute Gasteiger partial charge is 0.123 e. The molecule has 1 aromatic carbocycles. The third kappa shape index (κ3) is 3.30. The van der Waals surface area contributed by atoms with Crippen LogP contribution in [0.4, 0.5) is 4.39 Å². The standard InChI is InChI=1S/C15H23FN2/c1-11(2)18(10-12-6-7-12)15(9-17)13-4-3-5-14(16)8-13/h3-5,8,11-12,15H,6-7,9-10,17H2,1-2H3. The molecule has 0 aromatic heterocycles. The minimum absolute atomic E-state index is 0.126. The summed E-state index contributed by atoms with van der Waals surface area (Å²) in [6.45, 7) is 5.99. The topological polar surface area (TPSA) is 29.3 Å². The number of benzene rings is 1. The average Bonchev–Trinajstić information content (AvgIpc) is 3.12. The molecule has 0 bridgehead atoms. The third-order valence-corrected chi connectivity index (χ3v) is 3.69. The van der Waals surface area contributed by atoms with Gasteiger partial charge in [0.15, 0.2) is 0 Å². The highest BCUT2D eigenvalue weighted by Crippen LogP contribution is 2.33. The quantitative estimate of drug-likeness (QED) is 0.841. The van der Waals surface area contributed by atoms with Crippen molar-refractivity contribution in [3.8, 4) is 0 Å². The maximum absolute atomic E-state index is 13.3. The first-order valence-electron chi connectivity index (χ1n) is 6.83. The van der Waals surface area contributed by atoms with Gasteiger partial charge in [-0.2, -0.15) is 0 Å². The molecule has 1 aliphatic rings. The largest absolute Gasteiger partial charge is 0.329 e. The van der Waals surface area contributed by atoms with E-state index in [0.717, 1.165) is 18.0 Å². The molecule has 0 spiro atoms. The zero-order valence-corrected chi connectivity index (χ0v) is 11.3. The lowest BCUT2D eigenvalue weighted by Gasteiger charge is -2.34. The number of hydrogen-bond acceptors (Lipinski definition) is 2. The van der Waals surface area contributed by atoms with Crippen molar-refractivity contribution in [3.63, 3.8) is 0 Å². The molecule has 1 fully saturated rings. The zero-order chi connectivity index (χ0) is 13.1. The number of rotatable bonds is 6. The maximum atomic E-state index is 13.3. The van der Waals surface area contributed by atoms with Gasteiger partial charge in [-0.15, -0.1) is 0 Å². The van der Waals surface area contributed by atoms with Gasteiger partial charge in [-0.25, -0.2) is 4.39 Å². The third-order valence-electron chi connectivity index (χ3n) is 3.69. The minimum Gasteiger partial charge on any atom is -0.329 e. The van der Waals surface area contributed by atoms with Gasteiger partial charge in [-0.05, 0) is 50.3 Å². The molecule has 1 aromatic rings. The summed E-state index contributed by atoms with van der Waals surface area (Å²) >= 11 is 0. The molecule has 1 atom stereocenters. The van der Waals surface area contributed by atoms with Crippen LogP contribution in [0.25, 0.3) is 0 Å². The van der Waals surface area contributed by atoms with Crippen molar-refractivity contribution in [2.24, 2.45) is 11.7 Å². The summed E-state index contributed by atoms with van der Waals surface area (Å²) in [5.41, 5.74) is 6.92. The van der Waals surface area contributed by atoms with E-state index in [1.807, 2.05) is 6.07 Å². The summed E-state index contributed by atoms with van der Waals surface area (Å²) in [5.74, 6) is 0.635. The van der Waals surface area contributed by atoms with Crippen LogP contribution in [0.3, 0.4) is 0 Å². The van der Waals surface area contributed by atoms with E-state index in [0.29, 0.717) is 12.6 Å². The molecule has 2 nitrogen and oxygen atoms in total. The Morgan fingerprint density at radius 1 is 1.39 bits per heavy atom. The van der Waals surface area contributed by atoms with Gasteiger partial charge in [-0.3, -0.25) is 4.90 Å². The highest BCUT2D eigenvalue weighted by Gasteiger charge is 2.29. The van der Waals surface area contributed by atoms with Gasteiger partial charge in [0.25, 0.3) is 0 Å². The van der Waals surface area contributed by atoms with Crippen LogP contribution in [0.5, 0.6) is 0 Å². The lowest BCUT2D eigenvalue weighted by atomic mass is 10.0. The fourth-order valence-electron chi connectivity index (χ4n) is 2.47. The van der Waals surface area contributed by atoms with Crippen molar-refractivity contribution in [1.82, 2.24) is 4.90 Å². The number of halogens is 1. The molecule has 0 aliphatic heterocycles. The summed E-state index contributed by atoms with van der Waals surface area (Å²) in [6.07, 6.45) is 2.65. The highest BCUT2D eigenvalue weighted by atomic mass is 19.1. The van der Waals surface area contributed by atoms with Crippen molar-refractivity contribution in [2.75, 3.05) is 13.1 Å². The Hall–Kier alpha value is -0.930. The summed E-state index contributed by atoms with van der Waals surface area (Å²) in [7, 11) is 0. The van der Waals surface area contributed by atoms with Gasteiger partial charge in [0.2, 0.25) is 0 Å². The van der Waals surface area contributed by atoms with Gasteiger partial charge in [0.1, 0.15) is 5.82 Å². The van der Waals surface area contributed by atoms with Crippen LogP contribution in [0, 0.1) is 11.7 Å². The van der Waals surface area contributed by atoms with Crippen molar-refractivity contribution in [2.45, 2.75) is 38.8 Å². The van der Waals surface area contributed by atoms with Gasteiger partial charge >= 0.3 is 0 Å². The first-order valence-corrected chi connectivity index (χ1v) is 6.83. The molecule has 3 heteroatoms. The number of nitrogens with zero attached hydrogens (tertiary/aromatic N) is 1. The molecule has 1 unspecified atom stereocenters. The second kappa shape index (κ2) is 5.81. The molecular weight excluding hydrogens is 227 g/mol. The second-order valence-corrected chi connectivity index (χ2v) is 5.54. The van der Waals surface area contributed by atoms with Crippen LogP contribution in [0.1, 0.15) is 38.3 Å². The lowest BCUT2D eigenvalue weighted by molar-refractivity contribution is 0.149. The average molecular weight is 250 g/mol. The second-order valence-electron chi connectivity index (χ2n) is 5.54. The molecule has 0 heterocycles. The first kappa shape index (κ1) is 13.5. The maximum Gasteiger partial charge on any atom is 0.123 e. The van der Waals surface area contributed by atoms with Crippen LogP contribution < -0.4 is 5.73 Å². The predicted octanol–water partition coefficient (Wildman–Crippen LogP) is 2.95. The molecule has 1 saturated carbocycles. The van der Waals surface area contributed by atoms with Crippen molar-refractivity contribution in [3.05, 3.63) is 35.6 Å². The first-order chi connectivity index (χ1) is 8.61. The summed E-state index contributed by atoms with van der Waals surface area (Å²) < 4.78 is 13.3. The minimum atomic E-state index is -0.180. The Morgan fingerprint density at radius 3 is 2.61 bits per heavy atom. The molecule has 2 N–H and O–H groups in total. The molecule has 0 saturated heterocycles. The van der Waals surface area contributed by atoms with Gasteiger partial charge in [0, 0.05) is 25.2 Å². The van der Waals surface area contributed by atoms with Crippen LogP contribution in [0.2, 0.25) is 0 Å². The van der Waals surface area contributed by atoms with E-state index in [2.05, 4.69) is 18.7 Å². The summed E-state index contributed by atoms with van der Waals surface area (Å²) in [6, 6.07) is 7.40. The normalized spacial score (nSPS) is 17.4. The molecule has 1 aliphatic carbocycles. The Labute approximate surface area is 109 Å². The molecule has 2 rings (SSSR count). The van der Waals surface area contributed by atoms with E-state index in [9.17, 15) is 4.39 Å². The zero-order valence-electron chi connectivity index (χ0n) is 11.3. The Morgan fingerprint density at radius 2 is 2.11 bits per heavy atom. The van der Waals surface area contributed by atoms with E-state index >= 15 is 0 Å². The van der Waals surface area contributed by atoms with E-state index in [1.54, 1.807) is 12.1 Å². The molecule has 0 amide bonds. The SMILES string of the molecule is CC(C)N(CC1CC1)C(CN)c1cccc(F)c1. The van der Waals surface area contributed by atoms with E-state index in [4.69, 9.17) is 5.73 Å². The fourth-order valence-corrected chi connectivity index (χ4v) is 2.47. The molecule has 0 radical (unpaired) electrons. The van der Waals surface area contributed by atoms with Crippen molar-refractivity contribution >= 4 is 0 Å². The van der Waals surface area contributed by atoms with Crippen LogP contribution in [-0.4, -0.2) is 24.0 Å².